The van der Waals surface area contributed by atoms with Gasteiger partial charge in [-0.05, 0) is 18.2 Å². The number of phenolic OH excluding ortho intramolecular Hbond substituents is 1. The quantitative estimate of drug-likeness (QED) is 0.715. The number of aromatic nitrogens is 3. The third-order valence-electron chi connectivity index (χ3n) is 2.76. The van der Waals surface area contributed by atoms with Gasteiger partial charge in [-0.1, -0.05) is 24.3 Å². The number of hydrogen-bond donors (Lipinski definition) is 2. The fourth-order valence-electron chi connectivity index (χ4n) is 1.86. The largest absolute Gasteiger partial charge is 0.506 e. The maximum absolute atomic E-state index is 9.77. The molecule has 0 amide bonds. The van der Waals surface area contributed by atoms with E-state index >= 15 is 0 Å². The van der Waals surface area contributed by atoms with Crippen molar-refractivity contribution < 1.29 is 10.2 Å². The lowest BCUT2D eigenvalue weighted by molar-refractivity contribution is 0.283. The molecular formula is C13H11N3O2. The van der Waals surface area contributed by atoms with Crippen molar-refractivity contribution in [2.75, 3.05) is 0 Å². The highest BCUT2D eigenvalue weighted by Crippen LogP contribution is 2.22. The Labute approximate surface area is 103 Å². The summed E-state index contributed by atoms with van der Waals surface area (Å²) >= 11 is 0. The minimum atomic E-state index is -0.0865. The van der Waals surface area contributed by atoms with Crippen molar-refractivity contribution in [1.82, 2.24) is 15.0 Å². The number of rotatable bonds is 2. The summed E-state index contributed by atoms with van der Waals surface area (Å²) in [5, 5.41) is 27.6. The SMILES string of the molecule is OCc1cccc2nn(-c3ccccc3O)nc12. The van der Waals surface area contributed by atoms with Gasteiger partial charge in [-0.3, -0.25) is 0 Å². The van der Waals surface area contributed by atoms with Gasteiger partial charge in [0.05, 0.1) is 6.61 Å². The Balaban J connectivity index is 2.23. The fraction of sp³-hybridized carbons (Fsp3) is 0.0769. The molecule has 0 aliphatic carbocycles. The van der Waals surface area contributed by atoms with E-state index in [0.717, 1.165) is 0 Å². The average Bonchev–Trinajstić information content (AvgIpc) is 2.82. The van der Waals surface area contributed by atoms with Crippen LogP contribution in [0.3, 0.4) is 0 Å². The Kier molecular flexibility index (Phi) is 2.46. The highest BCUT2D eigenvalue weighted by molar-refractivity contribution is 5.77. The third kappa shape index (κ3) is 1.61. The molecule has 0 radical (unpaired) electrons. The first kappa shape index (κ1) is 10.7. The molecule has 2 N–H and O–H groups in total. The van der Waals surface area contributed by atoms with E-state index in [1.54, 1.807) is 30.3 Å². The molecular weight excluding hydrogens is 230 g/mol. The zero-order valence-corrected chi connectivity index (χ0v) is 9.48. The molecule has 0 unspecified atom stereocenters. The molecule has 90 valence electrons. The van der Waals surface area contributed by atoms with Crippen molar-refractivity contribution in [2.45, 2.75) is 6.61 Å². The van der Waals surface area contributed by atoms with Crippen molar-refractivity contribution in [3.8, 4) is 11.4 Å². The van der Waals surface area contributed by atoms with Crippen LogP contribution >= 0.6 is 0 Å². The maximum Gasteiger partial charge on any atom is 0.143 e. The zero-order valence-electron chi connectivity index (χ0n) is 9.48. The van der Waals surface area contributed by atoms with Crippen molar-refractivity contribution in [3.05, 3.63) is 48.0 Å². The molecule has 0 spiro atoms. The van der Waals surface area contributed by atoms with Gasteiger partial charge in [0.15, 0.2) is 0 Å². The summed E-state index contributed by atoms with van der Waals surface area (Å²) in [6, 6.07) is 12.3. The van der Waals surface area contributed by atoms with Crippen LogP contribution in [-0.2, 0) is 6.61 Å². The van der Waals surface area contributed by atoms with Crippen LogP contribution in [0.2, 0.25) is 0 Å². The number of aromatic hydroxyl groups is 1. The Morgan fingerprint density at radius 3 is 2.61 bits per heavy atom. The molecule has 0 saturated carbocycles. The van der Waals surface area contributed by atoms with E-state index in [2.05, 4.69) is 10.2 Å². The van der Waals surface area contributed by atoms with E-state index < -0.39 is 0 Å². The Bertz CT molecular complexity index is 706. The van der Waals surface area contributed by atoms with Gasteiger partial charge in [-0.25, -0.2) is 0 Å². The zero-order chi connectivity index (χ0) is 12.5. The fourth-order valence-corrected chi connectivity index (χ4v) is 1.86. The van der Waals surface area contributed by atoms with Crippen LogP contribution in [0.1, 0.15) is 5.56 Å². The van der Waals surface area contributed by atoms with E-state index in [-0.39, 0.29) is 12.4 Å². The molecule has 0 aliphatic heterocycles. The molecule has 3 rings (SSSR count). The molecule has 0 bridgehead atoms. The molecule has 0 atom stereocenters. The van der Waals surface area contributed by atoms with Gasteiger partial charge in [0.1, 0.15) is 22.5 Å². The first-order valence-electron chi connectivity index (χ1n) is 5.54. The van der Waals surface area contributed by atoms with E-state index in [1.165, 1.54) is 4.80 Å². The van der Waals surface area contributed by atoms with Gasteiger partial charge >= 0.3 is 0 Å². The number of aliphatic hydroxyl groups excluding tert-OH is 1. The Morgan fingerprint density at radius 1 is 1.00 bits per heavy atom. The lowest BCUT2D eigenvalue weighted by Gasteiger charge is -2.00. The normalized spacial score (nSPS) is 10.9. The first-order chi connectivity index (χ1) is 8.79. The summed E-state index contributed by atoms with van der Waals surface area (Å²) in [4.78, 5) is 1.37. The molecule has 0 fully saturated rings. The van der Waals surface area contributed by atoms with Crippen LogP contribution in [0.4, 0.5) is 0 Å². The molecule has 5 heteroatoms. The van der Waals surface area contributed by atoms with Crippen molar-refractivity contribution in [1.29, 1.82) is 0 Å². The summed E-state index contributed by atoms with van der Waals surface area (Å²) in [5.74, 6) is 0.114. The standard InChI is InChI=1S/C13H11N3O2/c17-8-9-4-3-5-10-13(9)15-16(14-10)11-6-1-2-7-12(11)18/h1-7,17-18H,8H2. The molecule has 2 aromatic carbocycles. The van der Waals surface area contributed by atoms with Gasteiger partial charge in [-0.15, -0.1) is 15.0 Å². The van der Waals surface area contributed by atoms with Gasteiger partial charge < -0.3 is 10.2 Å². The lowest BCUT2D eigenvalue weighted by atomic mass is 10.2. The number of aliphatic hydroxyl groups is 1. The minimum Gasteiger partial charge on any atom is -0.506 e. The Morgan fingerprint density at radius 2 is 1.83 bits per heavy atom. The molecule has 18 heavy (non-hydrogen) atoms. The molecule has 1 aromatic heterocycles. The molecule has 1 heterocycles. The van der Waals surface area contributed by atoms with E-state index in [4.69, 9.17) is 0 Å². The van der Waals surface area contributed by atoms with Crippen molar-refractivity contribution in [3.63, 3.8) is 0 Å². The monoisotopic (exact) mass is 241 g/mol. The molecule has 3 aromatic rings. The summed E-state index contributed by atoms with van der Waals surface area (Å²) in [6.07, 6.45) is 0. The average molecular weight is 241 g/mol. The number of benzene rings is 2. The Hall–Kier alpha value is -2.40. The van der Waals surface area contributed by atoms with Crippen LogP contribution in [0.15, 0.2) is 42.5 Å². The smallest absolute Gasteiger partial charge is 0.143 e. The van der Waals surface area contributed by atoms with Crippen LogP contribution < -0.4 is 0 Å². The van der Waals surface area contributed by atoms with Crippen LogP contribution in [0.25, 0.3) is 16.7 Å². The summed E-state index contributed by atoms with van der Waals surface area (Å²) in [6.45, 7) is -0.0865. The first-order valence-corrected chi connectivity index (χ1v) is 5.54. The second-order valence-electron chi connectivity index (χ2n) is 3.92. The van der Waals surface area contributed by atoms with Crippen molar-refractivity contribution in [2.24, 2.45) is 0 Å². The lowest BCUT2D eigenvalue weighted by Crippen LogP contribution is -1.98. The number of para-hydroxylation sites is 2. The van der Waals surface area contributed by atoms with Gasteiger partial charge in [0.25, 0.3) is 0 Å². The topological polar surface area (TPSA) is 71.2 Å². The second kappa shape index (κ2) is 4.12. The van der Waals surface area contributed by atoms with Crippen LogP contribution in [-0.4, -0.2) is 25.2 Å². The predicted molar refractivity (Wildman–Crippen MR) is 66.5 cm³/mol. The minimum absolute atomic E-state index is 0.0865. The number of nitrogens with zero attached hydrogens (tertiary/aromatic N) is 3. The second-order valence-corrected chi connectivity index (χ2v) is 3.92. The number of phenols is 1. The molecule has 0 saturated heterocycles. The maximum atomic E-state index is 9.77. The van der Waals surface area contributed by atoms with Crippen molar-refractivity contribution >= 4 is 11.0 Å². The summed E-state index contributed by atoms with van der Waals surface area (Å²) < 4.78 is 0. The van der Waals surface area contributed by atoms with Crippen LogP contribution in [0.5, 0.6) is 5.75 Å². The highest BCUT2D eigenvalue weighted by atomic mass is 16.3. The van der Waals surface area contributed by atoms with Gasteiger partial charge in [-0.2, -0.15) is 0 Å². The van der Waals surface area contributed by atoms with Gasteiger partial charge in [0.2, 0.25) is 0 Å². The third-order valence-corrected chi connectivity index (χ3v) is 2.76. The highest BCUT2D eigenvalue weighted by Gasteiger charge is 2.10. The van der Waals surface area contributed by atoms with E-state index in [0.29, 0.717) is 22.3 Å². The summed E-state index contributed by atoms with van der Waals surface area (Å²) in [5.41, 5.74) is 2.56. The predicted octanol–water partition coefficient (Wildman–Crippen LogP) is 1.62. The van der Waals surface area contributed by atoms with E-state index in [1.807, 2.05) is 12.1 Å². The van der Waals surface area contributed by atoms with E-state index in [9.17, 15) is 10.2 Å². The summed E-state index contributed by atoms with van der Waals surface area (Å²) in [7, 11) is 0. The number of fused-ring (bicyclic) bond motifs is 1. The molecule has 5 nitrogen and oxygen atoms in total. The van der Waals surface area contributed by atoms with Gasteiger partial charge in [0, 0.05) is 5.56 Å². The van der Waals surface area contributed by atoms with Crippen LogP contribution in [0, 0.1) is 0 Å². The number of hydrogen-bond acceptors (Lipinski definition) is 4. The molecule has 0 aliphatic rings.